The van der Waals surface area contributed by atoms with Gasteiger partial charge in [0.05, 0.1) is 61.9 Å². The summed E-state index contributed by atoms with van der Waals surface area (Å²) in [6.07, 6.45) is 1.99. The fraction of sp³-hybridized carbons (Fsp3) is 0.261. The first-order chi connectivity index (χ1) is 30.1. The Labute approximate surface area is 356 Å². The summed E-state index contributed by atoms with van der Waals surface area (Å²) in [5, 5.41) is 0. The topological polar surface area (TPSA) is 195 Å². The van der Waals surface area contributed by atoms with Crippen LogP contribution in [-0.2, 0) is 38.0 Å². The standard InChI is InChI=1S/C46H44O16/c1-3-39(47)55-27-7-5-25-53-35-17-9-31(10-18-35)41(49)59-37-21-13-33(14-22-37)43(51)61-45-46(58-30-29-57-45)62-44(52)34-15-23-38(24-16-34)60-42(50)32-11-19-36(20-12-32)54-26-6-8-28-56-40(48)4-2/h3-4,9-24,45-46H,1-2,5-8,25-30H2. The van der Waals surface area contributed by atoms with Crippen molar-refractivity contribution in [2.45, 2.75) is 38.3 Å². The molecular formula is C46H44O16. The Kier molecular flexibility index (Phi) is 17.8. The van der Waals surface area contributed by atoms with E-state index in [9.17, 15) is 28.8 Å². The van der Waals surface area contributed by atoms with Gasteiger partial charge in [-0.05, 0) is 123 Å². The van der Waals surface area contributed by atoms with Crippen molar-refractivity contribution in [1.82, 2.24) is 0 Å². The number of unbranched alkanes of at least 4 members (excludes halogenated alkanes) is 2. The predicted molar refractivity (Wildman–Crippen MR) is 218 cm³/mol. The molecule has 1 saturated heterocycles. The maximum absolute atomic E-state index is 13.0. The summed E-state index contributed by atoms with van der Waals surface area (Å²) in [4.78, 5) is 73.6. The lowest BCUT2D eigenvalue weighted by Crippen LogP contribution is -2.44. The molecular weight excluding hydrogens is 808 g/mol. The molecule has 0 radical (unpaired) electrons. The minimum Gasteiger partial charge on any atom is -0.494 e. The molecule has 0 amide bonds. The van der Waals surface area contributed by atoms with Crippen LogP contribution in [0.15, 0.2) is 122 Å². The second-order valence-electron chi connectivity index (χ2n) is 13.0. The van der Waals surface area contributed by atoms with Gasteiger partial charge in [0, 0.05) is 12.2 Å². The zero-order chi connectivity index (χ0) is 44.1. The third kappa shape index (κ3) is 14.8. The van der Waals surface area contributed by atoms with E-state index in [1.807, 2.05) is 0 Å². The van der Waals surface area contributed by atoms with Gasteiger partial charge in [-0.1, -0.05) is 13.2 Å². The molecule has 0 aliphatic carbocycles. The maximum Gasteiger partial charge on any atom is 0.343 e. The Balaban J connectivity index is 1.03. The van der Waals surface area contributed by atoms with Gasteiger partial charge >= 0.3 is 35.8 Å². The molecule has 1 fully saturated rings. The zero-order valence-corrected chi connectivity index (χ0v) is 33.6. The van der Waals surface area contributed by atoms with Crippen LogP contribution in [0.2, 0.25) is 0 Å². The molecule has 1 heterocycles. The molecule has 1 aliphatic heterocycles. The maximum atomic E-state index is 13.0. The third-order valence-electron chi connectivity index (χ3n) is 8.53. The van der Waals surface area contributed by atoms with Gasteiger partial charge in [-0.15, -0.1) is 0 Å². The van der Waals surface area contributed by atoms with E-state index < -0.39 is 48.4 Å². The Hall–Kier alpha value is -7.30. The first-order valence-corrected chi connectivity index (χ1v) is 19.5. The zero-order valence-electron chi connectivity index (χ0n) is 33.6. The summed E-state index contributed by atoms with van der Waals surface area (Å²) in [7, 11) is 0. The van der Waals surface area contributed by atoms with E-state index in [0.29, 0.717) is 50.4 Å². The van der Waals surface area contributed by atoms with E-state index in [1.165, 1.54) is 48.5 Å². The second-order valence-corrected chi connectivity index (χ2v) is 13.0. The molecule has 0 saturated carbocycles. The molecule has 16 nitrogen and oxygen atoms in total. The van der Waals surface area contributed by atoms with Gasteiger partial charge in [-0.3, -0.25) is 0 Å². The number of ether oxygens (including phenoxy) is 10. The summed E-state index contributed by atoms with van der Waals surface area (Å²) in [6, 6.07) is 24.0. The van der Waals surface area contributed by atoms with Gasteiger partial charge in [0.1, 0.15) is 23.0 Å². The Morgan fingerprint density at radius 1 is 0.452 bits per heavy atom. The Morgan fingerprint density at radius 3 is 1.10 bits per heavy atom. The number of hydrogen-bond donors (Lipinski definition) is 0. The van der Waals surface area contributed by atoms with Crippen molar-refractivity contribution in [1.29, 1.82) is 0 Å². The average Bonchev–Trinajstić information content (AvgIpc) is 3.29. The van der Waals surface area contributed by atoms with Gasteiger partial charge in [0.25, 0.3) is 12.6 Å². The molecule has 4 aromatic rings. The molecule has 0 bridgehead atoms. The van der Waals surface area contributed by atoms with Crippen molar-refractivity contribution in [2.75, 3.05) is 39.6 Å². The number of rotatable bonds is 22. The predicted octanol–water partition coefficient (Wildman–Crippen LogP) is 6.61. The van der Waals surface area contributed by atoms with E-state index >= 15 is 0 Å². The number of carbonyl (C=O) groups excluding carboxylic acids is 6. The second kappa shape index (κ2) is 24.1. The van der Waals surface area contributed by atoms with Crippen molar-refractivity contribution in [3.05, 3.63) is 145 Å². The highest BCUT2D eigenvalue weighted by atomic mass is 16.8. The first kappa shape index (κ1) is 45.8. The fourth-order valence-corrected chi connectivity index (χ4v) is 5.29. The quantitative estimate of drug-likeness (QED) is 0.0269. The number of esters is 6. The summed E-state index contributed by atoms with van der Waals surface area (Å²) in [5.74, 6) is -2.40. The van der Waals surface area contributed by atoms with Crippen LogP contribution in [0.25, 0.3) is 0 Å². The Morgan fingerprint density at radius 2 is 0.758 bits per heavy atom. The molecule has 0 aromatic heterocycles. The fourth-order valence-electron chi connectivity index (χ4n) is 5.29. The highest BCUT2D eigenvalue weighted by Gasteiger charge is 2.34. The van der Waals surface area contributed by atoms with Crippen LogP contribution in [0.3, 0.4) is 0 Å². The first-order valence-electron chi connectivity index (χ1n) is 19.5. The van der Waals surface area contributed by atoms with E-state index in [-0.39, 0.29) is 60.2 Å². The van der Waals surface area contributed by atoms with E-state index in [1.54, 1.807) is 48.5 Å². The molecule has 2 unspecified atom stereocenters. The summed E-state index contributed by atoms with van der Waals surface area (Å²) < 4.78 is 54.0. The van der Waals surface area contributed by atoms with Crippen molar-refractivity contribution in [3.63, 3.8) is 0 Å². The van der Waals surface area contributed by atoms with Crippen LogP contribution in [0, 0.1) is 0 Å². The molecule has 16 heteroatoms. The minimum absolute atomic E-state index is 0.0649. The normalized spacial score (nSPS) is 14.3. The number of benzene rings is 4. The molecule has 62 heavy (non-hydrogen) atoms. The molecule has 2 atom stereocenters. The minimum atomic E-state index is -1.39. The smallest absolute Gasteiger partial charge is 0.343 e. The summed E-state index contributed by atoms with van der Waals surface area (Å²) in [6.45, 7) is 8.14. The third-order valence-corrected chi connectivity index (χ3v) is 8.53. The highest BCUT2D eigenvalue weighted by Crippen LogP contribution is 2.22. The van der Waals surface area contributed by atoms with Crippen molar-refractivity contribution >= 4 is 35.8 Å². The van der Waals surface area contributed by atoms with Crippen LogP contribution in [0.5, 0.6) is 23.0 Å². The highest BCUT2D eigenvalue weighted by molar-refractivity contribution is 5.93. The van der Waals surface area contributed by atoms with Crippen molar-refractivity contribution in [2.24, 2.45) is 0 Å². The van der Waals surface area contributed by atoms with Crippen LogP contribution in [0.1, 0.15) is 67.1 Å². The summed E-state index contributed by atoms with van der Waals surface area (Å²) >= 11 is 0. The number of hydrogen-bond acceptors (Lipinski definition) is 16. The number of carbonyl (C=O) groups is 6. The Bertz CT molecular complexity index is 1990. The lowest BCUT2D eigenvalue weighted by atomic mass is 10.2. The lowest BCUT2D eigenvalue weighted by Gasteiger charge is -2.30. The van der Waals surface area contributed by atoms with Crippen LogP contribution < -0.4 is 18.9 Å². The molecule has 1 aliphatic rings. The molecule has 324 valence electrons. The summed E-state index contributed by atoms with van der Waals surface area (Å²) in [5.41, 5.74) is 0.730. The molecule has 0 N–H and O–H groups in total. The van der Waals surface area contributed by atoms with Gasteiger partial charge < -0.3 is 47.4 Å². The van der Waals surface area contributed by atoms with E-state index in [2.05, 4.69) is 13.2 Å². The van der Waals surface area contributed by atoms with Gasteiger partial charge in [0.15, 0.2) is 0 Å². The largest absolute Gasteiger partial charge is 0.494 e. The lowest BCUT2D eigenvalue weighted by molar-refractivity contribution is -0.288. The molecule has 5 rings (SSSR count). The van der Waals surface area contributed by atoms with Crippen molar-refractivity contribution in [3.8, 4) is 23.0 Å². The van der Waals surface area contributed by atoms with Crippen molar-refractivity contribution < 1.29 is 76.1 Å². The average molecular weight is 853 g/mol. The van der Waals surface area contributed by atoms with E-state index in [0.717, 1.165) is 12.2 Å². The SMILES string of the molecule is C=CC(=O)OCCCCOc1ccc(C(=O)Oc2ccc(C(=O)OC3OCCOC3OC(=O)c3ccc(OC(=O)c4ccc(OCCCCOC(=O)C=C)cc4)cc3)cc2)cc1. The van der Waals surface area contributed by atoms with Crippen LogP contribution in [-0.4, -0.2) is 88.0 Å². The van der Waals surface area contributed by atoms with Gasteiger partial charge in [-0.2, -0.15) is 0 Å². The molecule has 0 spiro atoms. The van der Waals surface area contributed by atoms with Crippen LogP contribution in [0.4, 0.5) is 0 Å². The molecule has 4 aromatic carbocycles. The van der Waals surface area contributed by atoms with E-state index in [4.69, 9.17) is 47.4 Å². The van der Waals surface area contributed by atoms with Gasteiger partial charge in [0.2, 0.25) is 0 Å². The monoisotopic (exact) mass is 852 g/mol. The van der Waals surface area contributed by atoms with Gasteiger partial charge in [-0.25, -0.2) is 28.8 Å². The van der Waals surface area contributed by atoms with Crippen LogP contribution >= 0.6 is 0 Å².